The molecule has 10 fully saturated rings. The van der Waals surface area contributed by atoms with Crippen LogP contribution in [0.1, 0.15) is 83.1 Å². The Balaban J connectivity index is 0.000000302. The van der Waals surface area contributed by atoms with Crippen molar-refractivity contribution in [3.05, 3.63) is 0 Å². The molecule has 3 N–H and O–H groups in total. The summed E-state index contributed by atoms with van der Waals surface area (Å²) in [6.45, 7) is 28.9. The van der Waals surface area contributed by atoms with Crippen molar-refractivity contribution in [3.8, 4) is 0 Å². The van der Waals surface area contributed by atoms with E-state index >= 15 is 0 Å². The third-order valence-electron chi connectivity index (χ3n) is 18.0. The summed E-state index contributed by atoms with van der Waals surface area (Å²) in [5.41, 5.74) is 0. The fourth-order valence-electron chi connectivity index (χ4n) is 21.5. The molecule has 0 radical (unpaired) electrons. The van der Waals surface area contributed by atoms with E-state index in [2.05, 4.69) is 83.1 Å². The van der Waals surface area contributed by atoms with Crippen LogP contribution in [0.4, 0.5) is 0 Å². The maximum atomic E-state index is 8.88. The van der Waals surface area contributed by atoms with Gasteiger partial charge in [0, 0.05) is 0 Å². The first-order valence-corrected chi connectivity index (χ1v) is 23.7. The van der Waals surface area contributed by atoms with E-state index in [-0.39, 0.29) is 67.2 Å². The van der Waals surface area contributed by atoms with Crippen LogP contribution < -0.4 is 0 Å². The van der Waals surface area contributed by atoms with Crippen molar-refractivity contribution in [1.82, 2.24) is 0 Å². The maximum absolute atomic E-state index is 8.88. The zero-order chi connectivity index (χ0) is 25.6. The van der Waals surface area contributed by atoms with E-state index < -0.39 is 14.3 Å². The average molecular weight is 613 g/mol. The van der Waals surface area contributed by atoms with Gasteiger partial charge in [0.1, 0.15) is 0 Å². The molecule has 4 nitrogen and oxygen atoms in total. The van der Waals surface area contributed by atoms with Crippen LogP contribution >= 0.6 is 23.7 Å². The van der Waals surface area contributed by atoms with Crippen molar-refractivity contribution in [1.29, 1.82) is 0 Å². The fourth-order valence-corrected chi connectivity index (χ4v) is 133. The molecule has 10 saturated heterocycles. The first-order valence-electron chi connectivity index (χ1n) is 13.3. The number of phosphoric acid groups is 1. The summed E-state index contributed by atoms with van der Waals surface area (Å²) >= 11 is 0. The molecule has 0 aromatic carbocycles. The van der Waals surface area contributed by atoms with Crippen LogP contribution in [0, 0.1) is 0 Å². The third kappa shape index (κ3) is 0.647. The molecule has 35 heavy (non-hydrogen) atoms. The summed E-state index contributed by atoms with van der Waals surface area (Å²) in [4.78, 5) is 33.0. The van der Waals surface area contributed by atoms with Gasteiger partial charge >= 0.3 is 232 Å². The molecule has 0 aliphatic carbocycles. The van der Waals surface area contributed by atoms with Crippen molar-refractivity contribution in [3.63, 3.8) is 0 Å². The van der Waals surface area contributed by atoms with E-state index in [0.29, 0.717) is 20.6 Å². The number of hydrogen-bond donors (Lipinski definition) is 3. The second kappa shape index (κ2) is 3.36. The first-order chi connectivity index (χ1) is 14.7. The number of hydrogen-bond acceptors (Lipinski definition) is 1. The molecule has 200 valence electrons. The van der Waals surface area contributed by atoms with Crippen LogP contribution in [0.25, 0.3) is 0 Å². The van der Waals surface area contributed by atoms with Gasteiger partial charge in [-0.25, -0.2) is 4.57 Å². The van der Waals surface area contributed by atoms with Crippen LogP contribution in [0.2, 0.25) is 38.5 Å². The second-order valence-electron chi connectivity index (χ2n) is 19.5. The Kier molecular flexibility index (Phi) is 2.48. The van der Waals surface area contributed by atoms with Crippen molar-refractivity contribution < 1.29 is 25.8 Å². The van der Waals surface area contributed by atoms with Gasteiger partial charge in [-0.15, -0.1) is 0 Å². The molecule has 4 atom stereocenters. The summed E-state index contributed by atoms with van der Waals surface area (Å²) in [5, 5.41) is 2.15. The molecular formula is C26H48FeKO4P3. The molecule has 0 aromatic heterocycles. The van der Waals surface area contributed by atoms with Gasteiger partial charge in [0.25, 0.3) is 0 Å². The zero-order valence-corrected chi connectivity index (χ0v) is 26.9. The standard InChI is InChI=1S/C21H39P2.C5H5.Fe.K.H3O4P.H/c1-18(2,3)22(19(4,5)6)16-14-13-15-17(16)23(20(7,8)9)21(10,11)12;1-2-4-5-3-1;;;1-5(2,3)4;/h13-15H,1-12H3;1-5H;;;(H3,1,2,3,4);. The number of fused-ring (bicyclic) bond motifs is 10. The molecule has 0 amide bonds. The summed E-state index contributed by atoms with van der Waals surface area (Å²) in [7, 11) is -4.48. The van der Waals surface area contributed by atoms with Crippen molar-refractivity contribution in [2.45, 2.75) is 150 Å². The molecular weight excluding hydrogens is 564 g/mol. The van der Waals surface area contributed by atoms with Gasteiger partial charge in [-0.3, -0.25) is 0 Å². The van der Waals surface area contributed by atoms with E-state index in [1.54, 1.807) is 0 Å². The quantitative estimate of drug-likeness (QED) is 0.220. The van der Waals surface area contributed by atoms with E-state index in [1.165, 1.54) is 38.5 Å². The minimum atomic E-state index is -4.64. The molecule has 4 unspecified atom stereocenters. The van der Waals surface area contributed by atoms with Crippen LogP contribution in [-0.2, 0) is 11.1 Å². The Bertz CT molecular complexity index is 1390. The normalized spacial score (nSPS) is 68.3. The van der Waals surface area contributed by atoms with Crippen molar-refractivity contribution in [2.24, 2.45) is 0 Å². The van der Waals surface area contributed by atoms with Crippen molar-refractivity contribution in [2.75, 3.05) is 0 Å². The molecule has 1 spiro atoms. The Morgan fingerprint density at radius 2 is 0.771 bits per heavy atom. The number of rotatable bonds is 2. The molecule has 0 aromatic rings. The topological polar surface area (TPSA) is 77.8 Å². The van der Waals surface area contributed by atoms with Crippen LogP contribution in [-0.4, -0.2) is 94.8 Å². The molecule has 0 bridgehead atoms. The van der Waals surface area contributed by atoms with E-state index in [9.17, 15) is 0 Å². The first kappa shape index (κ1) is 25.8. The minimum absolute atomic E-state index is 0. The van der Waals surface area contributed by atoms with E-state index in [4.69, 9.17) is 19.2 Å². The van der Waals surface area contributed by atoms with Gasteiger partial charge < -0.3 is 14.7 Å². The molecule has 9 heteroatoms. The third-order valence-corrected chi connectivity index (χ3v) is 77.0. The molecule has 10 aliphatic heterocycles. The van der Waals surface area contributed by atoms with Crippen LogP contribution in [0.3, 0.4) is 0 Å². The van der Waals surface area contributed by atoms with Gasteiger partial charge in [0.05, 0.1) is 0 Å². The molecule has 10 aliphatic rings. The Morgan fingerprint density at radius 3 is 0.886 bits per heavy atom. The molecule has 10 rings (SSSR count). The Morgan fingerprint density at radius 1 is 0.571 bits per heavy atom. The average Bonchev–Trinajstić information content (AvgIpc) is 3.43. The van der Waals surface area contributed by atoms with Crippen molar-refractivity contribution >= 4 is 75.1 Å². The molecule has 10 heterocycles. The molecule has 0 saturated carbocycles. The van der Waals surface area contributed by atoms with Gasteiger partial charge in [-0.2, -0.15) is 0 Å². The summed E-state index contributed by atoms with van der Waals surface area (Å²) in [5.74, 6) is 0. The SMILES string of the molecule is CC(C)(C)P(C(C)(C)C)[C]12[CH]3[CH]4[CH]5[C]1(P(C(C)(C)C)C(C)(C)C)[Fe]43521678[CH]2[CH]1[CH]6[CH]7[CH]28.O=P(O)(O)O.[KH]. The van der Waals surface area contributed by atoms with E-state index in [1.807, 2.05) is 0 Å². The zero-order valence-electron chi connectivity index (χ0n) is 23.1. The summed E-state index contributed by atoms with van der Waals surface area (Å²) in [6, 6.07) is 0. The van der Waals surface area contributed by atoms with Gasteiger partial charge in [0.2, 0.25) is 0 Å². The second-order valence-corrected chi connectivity index (χ2v) is 52.7. The van der Waals surface area contributed by atoms with Gasteiger partial charge in [-0.1, -0.05) is 0 Å². The van der Waals surface area contributed by atoms with Crippen LogP contribution in [0.15, 0.2) is 0 Å². The van der Waals surface area contributed by atoms with Crippen LogP contribution in [0.5, 0.6) is 0 Å². The summed E-state index contributed by atoms with van der Waals surface area (Å²) in [6.07, 6.45) is 0. The Labute approximate surface area is 248 Å². The van der Waals surface area contributed by atoms with Gasteiger partial charge in [0.15, 0.2) is 0 Å². The fraction of sp³-hybridized carbons (Fsp3) is 1.00. The monoisotopic (exact) mass is 612 g/mol. The van der Waals surface area contributed by atoms with E-state index in [0.717, 1.165) is 8.11 Å². The predicted molar refractivity (Wildman–Crippen MR) is 150 cm³/mol. The van der Waals surface area contributed by atoms with Gasteiger partial charge in [-0.05, 0) is 0 Å². The Hall–Kier alpha value is 3.13. The summed E-state index contributed by atoms with van der Waals surface area (Å²) < 4.78 is 10.9. The predicted octanol–water partition coefficient (Wildman–Crippen LogP) is 7.77.